The summed E-state index contributed by atoms with van der Waals surface area (Å²) in [4.78, 5) is 39.8. The minimum absolute atomic E-state index is 0.00444. The van der Waals surface area contributed by atoms with Gasteiger partial charge in [-0.15, -0.1) is 0 Å². The normalized spacial score (nSPS) is 23.9. The van der Waals surface area contributed by atoms with E-state index in [0.717, 1.165) is 11.1 Å². The Kier molecular flexibility index (Phi) is 7.42. The van der Waals surface area contributed by atoms with Crippen molar-refractivity contribution >= 4 is 17.7 Å². The Morgan fingerprint density at radius 1 is 0.800 bits per heavy atom. The summed E-state index contributed by atoms with van der Waals surface area (Å²) in [5.41, 5.74) is 0.472. The number of aliphatic hydroxyl groups is 1. The summed E-state index contributed by atoms with van der Waals surface area (Å²) >= 11 is 0. The average molecular weight is 473 g/mol. The number of Topliss-reactive ketones (excluding diaryl/α,β-unsaturated/α-hetero) is 1. The molecular formula is C29H28O6. The van der Waals surface area contributed by atoms with Gasteiger partial charge in [0.25, 0.3) is 0 Å². The van der Waals surface area contributed by atoms with Crippen LogP contribution < -0.4 is 0 Å². The number of hydrogen-bond acceptors (Lipinski definition) is 6. The van der Waals surface area contributed by atoms with Crippen molar-refractivity contribution < 1.29 is 29.0 Å². The van der Waals surface area contributed by atoms with Crippen LogP contribution in [0, 0.1) is 11.8 Å². The number of ketones is 1. The molecule has 180 valence electrons. The first-order chi connectivity index (χ1) is 16.9. The number of carbonyl (C=O) groups excluding carboxylic acids is 3. The Hall–Kier alpha value is -3.77. The number of rotatable bonds is 7. The molecule has 3 aromatic rings. The molecule has 4 rings (SSSR count). The molecule has 0 bridgehead atoms. The Balaban J connectivity index is 1.64. The predicted molar refractivity (Wildman–Crippen MR) is 129 cm³/mol. The van der Waals surface area contributed by atoms with Gasteiger partial charge in [0.1, 0.15) is 19.1 Å². The zero-order valence-corrected chi connectivity index (χ0v) is 19.5. The molecule has 0 radical (unpaired) electrons. The van der Waals surface area contributed by atoms with E-state index in [0.29, 0.717) is 5.56 Å². The Morgan fingerprint density at radius 3 is 1.77 bits per heavy atom. The van der Waals surface area contributed by atoms with Crippen molar-refractivity contribution in [3.63, 3.8) is 0 Å². The minimum Gasteiger partial charge on any atom is -0.461 e. The van der Waals surface area contributed by atoms with E-state index in [-0.39, 0.29) is 19.6 Å². The smallest absolute Gasteiger partial charge is 0.317 e. The highest BCUT2D eigenvalue weighted by Crippen LogP contribution is 2.46. The van der Waals surface area contributed by atoms with E-state index in [1.54, 1.807) is 30.3 Å². The largest absolute Gasteiger partial charge is 0.461 e. The molecule has 6 heteroatoms. The fourth-order valence-electron chi connectivity index (χ4n) is 4.73. The highest BCUT2D eigenvalue weighted by atomic mass is 16.5. The molecule has 0 aromatic heterocycles. The monoisotopic (exact) mass is 472 g/mol. The molecule has 1 aliphatic carbocycles. The van der Waals surface area contributed by atoms with E-state index in [4.69, 9.17) is 9.47 Å². The lowest BCUT2D eigenvalue weighted by Gasteiger charge is -2.43. The van der Waals surface area contributed by atoms with Gasteiger partial charge < -0.3 is 14.6 Å². The topological polar surface area (TPSA) is 89.9 Å². The lowest BCUT2D eigenvalue weighted by atomic mass is 9.62. The summed E-state index contributed by atoms with van der Waals surface area (Å²) in [7, 11) is 0. The number of hydrogen-bond donors (Lipinski definition) is 1. The quantitative estimate of drug-likeness (QED) is 0.409. The van der Waals surface area contributed by atoms with E-state index in [9.17, 15) is 19.5 Å². The maximum Gasteiger partial charge on any atom is 0.317 e. The van der Waals surface area contributed by atoms with Gasteiger partial charge in [0.05, 0.1) is 11.5 Å². The lowest BCUT2D eigenvalue weighted by Crippen LogP contribution is -2.55. The first-order valence-corrected chi connectivity index (χ1v) is 11.6. The summed E-state index contributed by atoms with van der Waals surface area (Å²) in [6.45, 7) is 1.47. The molecule has 35 heavy (non-hydrogen) atoms. The number of benzene rings is 3. The third kappa shape index (κ3) is 5.66. The number of ether oxygens (including phenoxy) is 2. The first-order valence-electron chi connectivity index (χ1n) is 11.6. The molecule has 0 saturated heterocycles. The molecular weight excluding hydrogens is 444 g/mol. The van der Waals surface area contributed by atoms with Crippen LogP contribution in [0.5, 0.6) is 0 Å². The van der Waals surface area contributed by atoms with Gasteiger partial charge in [-0.2, -0.15) is 0 Å². The fraction of sp³-hybridized carbons (Fsp3) is 0.276. The second kappa shape index (κ2) is 10.7. The van der Waals surface area contributed by atoms with Gasteiger partial charge in [-0.05, 0) is 23.6 Å². The molecule has 4 atom stereocenters. The Morgan fingerprint density at radius 2 is 1.26 bits per heavy atom. The molecule has 1 fully saturated rings. The molecule has 0 spiro atoms. The van der Waals surface area contributed by atoms with Gasteiger partial charge in [-0.25, -0.2) is 0 Å². The predicted octanol–water partition coefficient (Wildman–Crippen LogP) is 4.21. The van der Waals surface area contributed by atoms with Crippen molar-refractivity contribution in [3.05, 3.63) is 108 Å². The van der Waals surface area contributed by atoms with E-state index < -0.39 is 41.1 Å². The van der Waals surface area contributed by atoms with Gasteiger partial charge in [0.2, 0.25) is 0 Å². The summed E-state index contributed by atoms with van der Waals surface area (Å²) in [5, 5.41) is 11.2. The lowest BCUT2D eigenvalue weighted by molar-refractivity contribution is -0.174. The highest BCUT2D eigenvalue weighted by molar-refractivity contribution is 6.02. The Bertz CT molecular complexity index is 1160. The molecule has 1 saturated carbocycles. The van der Waals surface area contributed by atoms with E-state index >= 15 is 0 Å². The van der Waals surface area contributed by atoms with Crippen molar-refractivity contribution in [2.45, 2.75) is 38.1 Å². The van der Waals surface area contributed by atoms with Crippen LogP contribution in [-0.4, -0.2) is 28.4 Å². The average Bonchev–Trinajstić information content (AvgIpc) is 2.86. The van der Waals surface area contributed by atoms with Crippen molar-refractivity contribution in [1.82, 2.24) is 0 Å². The van der Waals surface area contributed by atoms with Crippen LogP contribution in [0.4, 0.5) is 0 Å². The van der Waals surface area contributed by atoms with Crippen molar-refractivity contribution in [3.8, 4) is 0 Å². The zero-order valence-electron chi connectivity index (χ0n) is 19.5. The summed E-state index contributed by atoms with van der Waals surface area (Å²) in [6, 6.07) is 27.2. The third-order valence-corrected chi connectivity index (χ3v) is 6.41. The Labute approximate surface area is 204 Å². The van der Waals surface area contributed by atoms with Crippen LogP contribution >= 0.6 is 0 Å². The van der Waals surface area contributed by atoms with Crippen molar-refractivity contribution in [1.29, 1.82) is 0 Å². The van der Waals surface area contributed by atoms with E-state index in [1.165, 1.54) is 6.92 Å². The molecule has 6 nitrogen and oxygen atoms in total. The maximum absolute atomic E-state index is 13.4. The standard InChI is InChI=1S/C29H28O6/c1-29(33)17-23(30)25(27(31)34-18-20-11-5-2-6-12-20)24(22-15-9-4-10-16-22)26(29)28(32)35-19-21-13-7-3-8-14-21/h2-16,24-26,33H,17-19H2,1H3/t24-,25+,26+,29+/m1/s1. The first kappa shape index (κ1) is 24.4. The van der Waals surface area contributed by atoms with Crippen LogP contribution in [0.2, 0.25) is 0 Å². The molecule has 0 unspecified atom stereocenters. The van der Waals surface area contributed by atoms with Gasteiger partial charge in [-0.1, -0.05) is 91.0 Å². The molecule has 0 heterocycles. The molecule has 0 aliphatic heterocycles. The summed E-state index contributed by atoms with van der Waals surface area (Å²) in [5.74, 6) is -5.16. The van der Waals surface area contributed by atoms with Crippen LogP contribution in [0.15, 0.2) is 91.0 Å². The highest BCUT2D eigenvalue weighted by Gasteiger charge is 2.57. The van der Waals surface area contributed by atoms with Gasteiger partial charge in [-0.3, -0.25) is 14.4 Å². The zero-order chi connectivity index (χ0) is 24.8. The second-order valence-electron chi connectivity index (χ2n) is 9.08. The molecule has 0 amide bonds. The van der Waals surface area contributed by atoms with Crippen molar-refractivity contribution in [2.24, 2.45) is 11.8 Å². The summed E-state index contributed by atoms with van der Waals surface area (Å²) < 4.78 is 11.1. The van der Waals surface area contributed by atoms with E-state index in [1.807, 2.05) is 60.7 Å². The number of carbonyl (C=O) groups is 3. The van der Waals surface area contributed by atoms with Gasteiger partial charge in [0.15, 0.2) is 5.78 Å². The van der Waals surface area contributed by atoms with Crippen LogP contribution in [0.3, 0.4) is 0 Å². The third-order valence-electron chi connectivity index (χ3n) is 6.41. The van der Waals surface area contributed by atoms with Crippen LogP contribution in [0.1, 0.15) is 36.0 Å². The fourth-order valence-corrected chi connectivity index (χ4v) is 4.73. The van der Waals surface area contributed by atoms with Crippen LogP contribution in [0.25, 0.3) is 0 Å². The maximum atomic E-state index is 13.4. The van der Waals surface area contributed by atoms with Gasteiger partial charge in [0, 0.05) is 12.3 Å². The summed E-state index contributed by atoms with van der Waals surface area (Å²) in [6.07, 6.45) is -0.355. The molecule has 1 N–H and O–H groups in total. The van der Waals surface area contributed by atoms with Crippen molar-refractivity contribution in [2.75, 3.05) is 0 Å². The SMILES string of the molecule is C[C@]1(O)CC(=O)[C@H](C(=O)OCc2ccccc2)[C@@H](c2ccccc2)[C@H]1C(=O)OCc1ccccc1. The molecule has 3 aromatic carbocycles. The number of esters is 2. The van der Waals surface area contributed by atoms with Gasteiger partial charge >= 0.3 is 11.9 Å². The van der Waals surface area contributed by atoms with Crippen LogP contribution in [-0.2, 0) is 37.1 Å². The molecule has 1 aliphatic rings. The van der Waals surface area contributed by atoms with E-state index in [2.05, 4.69) is 0 Å². The second-order valence-corrected chi connectivity index (χ2v) is 9.08. The minimum atomic E-state index is -1.69.